The molecule has 1 amide bonds. The number of carbonyl (C=O) groups is 1. The van der Waals surface area contributed by atoms with Gasteiger partial charge in [-0.2, -0.15) is 0 Å². The van der Waals surface area contributed by atoms with Gasteiger partial charge in [0.15, 0.2) is 0 Å². The lowest BCUT2D eigenvalue weighted by atomic mass is 10.0. The number of aromatic amines is 1. The lowest BCUT2D eigenvalue weighted by Gasteiger charge is -2.34. The molecule has 2 aromatic rings. The molecule has 0 bridgehead atoms. The number of aromatic nitrogens is 1. The molecule has 1 saturated heterocycles. The van der Waals surface area contributed by atoms with Gasteiger partial charge in [-0.25, -0.2) is 0 Å². The Morgan fingerprint density at radius 3 is 3.05 bits per heavy atom. The van der Waals surface area contributed by atoms with Crippen molar-refractivity contribution < 1.29 is 4.79 Å². The van der Waals surface area contributed by atoms with E-state index in [1.165, 1.54) is 0 Å². The molecule has 0 saturated carbocycles. The van der Waals surface area contributed by atoms with Gasteiger partial charge < -0.3 is 15.2 Å². The first-order valence-corrected chi connectivity index (χ1v) is 7.88. The molecule has 2 heterocycles. The molecular weight excluding hydrogens is 262 g/mol. The summed E-state index contributed by atoms with van der Waals surface area (Å²) < 4.78 is 0. The van der Waals surface area contributed by atoms with E-state index >= 15 is 0 Å². The molecule has 0 radical (unpaired) electrons. The fourth-order valence-electron chi connectivity index (χ4n) is 3.14. The number of rotatable bonds is 4. The van der Waals surface area contributed by atoms with Crippen LogP contribution in [0, 0.1) is 0 Å². The van der Waals surface area contributed by atoms with E-state index in [-0.39, 0.29) is 5.91 Å². The highest BCUT2D eigenvalue weighted by molar-refractivity contribution is 5.98. The molecule has 21 heavy (non-hydrogen) atoms. The Balaban J connectivity index is 1.84. The molecule has 1 aliphatic heterocycles. The van der Waals surface area contributed by atoms with Crippen molar-refractivity contribution in [3.8, 4) is 0 Å². The van der Waals surface area contributed by atoms with Gasteiger partial charge in [-0.3, -0.25) is 4.79 Å². The maximum Gasteiger partial charge on any atom is 0.254 e. The Bertz CT molecular complexity index is 613. The van der Waals surface area contributed by atoms with Gasteiger partial charge in [-0.1, -0.05) is 13.0 Å². The Labute approximate surface area is 125 Å². The summed E-state index contributed by atoms with van der Waals surface area (Å²) in [7, 11) is 0. The van der Waals surface area contributed by atoms with Crippen LogP contribution in [0.25, 0.3) is 10.9 Å². The van der Waals surface area contributed by atoms with Crippen molar-refractivity contribution >= 4 is 16.8 Å². The van der Waals surface area contributed by atoms with Crippen LogP contribution in [0.1, 0.15) is 36.5 Å². The van der Waals surface area contributed by atoms with E-state index in [0.29, 0.717) is 6.04 Å². The Hall–Kier alpha value is -1.81. The summed E-state index contributed by atoms with van der Waals surface area (Å²) in [5, 5.41) is 4.55. The minimum atomic E-state index is 0.155. The number of benzene rings is 1. The summed E-state index contributed by atoms with van der Waals surface area (Å²) in [6, 6.07) is 8.28. The number of carbonyl (C=O) groups excluding carboxylic acids is 1. The lowest BCUT2D eigenvalue weighted by Crippen LogP contribution is -2.49. The van der Waals surface area contributed by atoms with Crippen molar-refractivity contribution in [3.05, 3.63) is 36.0 Å². The first kappa shape index (κ1) is 14.1. The molecule has 1 unspecified atom stereocenters. The highest BCUT2D eigenvalue weighted by Crippen LogP contribution is 2.19. The molecule has 1 aromatic heterocycles. The van der Waals surface area contributed by atoms with E-state index in [4.69, 9.17) is 0 Å². The molecule has 0 aliphatic carbocycles. The standard InChI is InChI=1S/C17H23N3O/c1-2-10-20(15-4-3-8-18-12-15)17(21)14-6-5-13-7-9-19-16(13)11-14/h5-7,9,11,15,18-19H,2-4,8,10,12H2,1H3. The zero-order chi connectivity index (χ0) is 14.7. The molecule has 4 heteroatoms. The first-order chi connectivity index (χ1) is 10.3. The van der Waals surface area contributed by atoms with E-state index in [0.717, 1.165) is 55.4 Å². The second kappa shape index (κ2) is 6.31. The van der Waals surface area contributed by atoms with Gasteiger partial charge in [-0.05, 0) is 49.4 Å². The second-order valence-electron chi connectivity index (χ2n) is 5.78. The minimum absolute atomic E-state index is 0.155. The van der Waals surface area contributed by atoms with E-state index < -0.39 is 0 Å². The average molecular weight is 285 g/mol. The quantitative estimate of drug-likeness (QED) is 0.907. The molecular formula is C17H23N3O. The van der Waals surface area contributed by atoms with Crippen LogP contribution >= 0.6 is 0 Å². The van der Waals surface area contributed by atoms with Gasteiger partial charge in [0.25, 0.3) is 5.91 Å². The molecule has 1 aromatic carbocycles. The minimum Gasteiger partial charge on any atom is -0.361 e. The summed E-state index contributed by atoms with van der Waals surface area (Å²) in [6.07, 6.45) is 5.15. The molecule has 1 aliphatic rings. The van der Waals surface area contributed by atoms with Crippen LogP contribution < -0.4 is 5.32 Å². The van der Waals surface area contributed by atoms with Crippen molar-refractivity contribution in [1.29, 1.82) is 0 Å². The normalized spacial score (nSPS) is 18.8. The van der Waals surface area contributed by atoms with Gasteiger partial charge in [0, 0.05) is 36.4 Å². The number of fused-ring (bicyclic) bond motifs is 1. The lowest BCUT2D eigenvalue weighted by molar-refractivity contribution is 0.0649. The Morgan fingerprint density at radius 1 is 1.38 bits per heavy atom. The third kappa shape index (κ3) is 2.95. The largest absolute Gasteiger partial charge is 0.361 e. The van der Waals surface area contributed by atoms with E-state index in [1.807, 2.05) is 30.5 Å². The average Bonchev–Trinajstić information content (AvgIpc) is 3.00. The van der Waals surface area contributed by atoms with Gasteiger partial charge in [-0.15, -0.1) is 0 Å². The Morgan fingerprint density at radius 2 is 2.29 bits per heavy atom. The van der Waals surface area contributed by atoms with Crippen LogP contribution in [-0.2, 0) is 0 Å². The third-order valence-corrected chi connectivity index (χ3v) is 4.24. The summed E-state index contributed by atoms with van der Waals surface area (Å²) in [5.41, 5.74) is 1.81. The molecule has 112 valence electrons. The second-order valence-corrected chi connectivity index (χ2v) is 5.78. The van der Waals surface area contributed by atoms with Crippen LogP contribution in [-0.4, -0.2) is 41.5 Å². The molecule has 4 nitrogen and oxygen atoms in total. The van der Waals surface area contributed by atoms with Gasteiger partial charge in [0.05, 0.1) is 0 Å². The molecule has 2 N–H and O–H groups in total. The molecule has 0 spiro atoms. The first-order valence-electron chi connectivity index (χ1n) is 7.88. The maximum atomic E-state index is 12.9. The smallest absolute Gasteiger partial charge is 0.254 e. The summed E-state index contributed by atoms with van der Waals surface area (Å²) >= 11 is 0. The number of hydrogen-bond acceptors (Lipinski definition) is 2. The van der Waals surface area contributed by atoms with Crippen molar-refractivity contribution in [1.82, 2.24) is 15.2 Å². The zero-order valence-corrected chi connectivity index (χ0v) is 12.6. The molecule has 1 fully saturated rings. The predicted molar refractivity (Wildman–Crippen MR) is 85.5 cm³/mol. The van der Waals surface area contributed by atoms with Crippen LogP contribution in [0.3, 0.4) is 0 Å². The maximum absolute atomic E-state index is 12.9. The number of H-pyrrole nitrogens is 1. The Kier molecular flexibility index (Phi) is 4.25. The highest BCUT2D eigenvalue weighted by atomic mass is 16.2. The molecule has 1 atom stereocenters. The summed E-state index contributed by atoms with van der Waals surface area (Å²) in [6.45, 7) is 4.94. The van der Waals surface area contributed by atoms with Crippen LogP contribution in [0.15, 0.2) is 30.5 Å². The number of nitrogens with one attached hydrogen (secondary N) is 2. The van der Waals surface area contributed by atoms with Crippen LogP contribution in [0.2, 0.25) is 0 Å². The number of piperidine rings is 1. The zero-order valence-electron chi connectivity index (χ0n) is 12.6. The van der Waals surface area contributed by atoms with E-state index in [9.17, 15) is 4.79 Å². The van der Waals surface area contributed by atoms with E-state index in [2.05, 4.69) is 22.1 Å². The van der Waals surface area contributed by atoms with Gasteiger partial charge >= 0.3 is 0 Å². The van der Waals surface area contributed by atoms with Crippen molar-refractivity contribution in [2.45, 2.75) is 32.2 Å². The molecule has 3 rings (SSSR count). The third-order valence-electron chi connectivity index (χ3n) is 4.24. The monoisotopic (exact) mass is 285 g/mol. The van der Waals surface area contributed by atoms with Crippen molar-refractivity contribution in [2.75, 3.05) is 19.6 Å². The summed E-state index contributed by atoms with van der Waals surface area (Å²) in [5.74, 6) is 0.155. The SMILES string of the molecule is CCCN(C(=O)c1ccc2cc[nH]c2c1)C1CCCNC1. The van der Waals surface area contributed by atoms with E-state index in [1.54, 1.807) is 0 Å². The van der Waals surface area contributed by atoms with Crippen LogP contribution in [0.4, 0.5) is 0 Å². The van der Waals surface area contributed by atoms with Crippen molar-refractivity contribution in [2.24, 2.45) is 0 Å². The predicted octanol–water partition coefficient (Wildman–Crippen LogP) is 2.77. The van der Waals surface area contributed by atoms with Gasteiger partial charge in [0.2, 0.25) is 0 Å². The number of amides is 1. The fraction of sp³-hybridized carbons (Fsp3) is 0.471. The highest BCUT2D eigenvalue weighted by Gasteiger charge is 2.25. The van der Waals surface area contributed by atoms with Gasteiger partial charge in [0.1, 0.15) is 0 Å². The van der Waals surface area contributed by atoms with Crippen molar-refractivity contribution in [3.63, 3.8) is 0 Å². The van der Waals surface area contributed by atoms with Crippen LogP contribution in [0.5, 0.6) is 0 Å². The topological polar surface area (TPSA) is 48.1 Å². The fourth-order valence-corrected chi connectivity index (χ4v) is 3.14. The summed E-state index contributed by atoms with van der Waals surface area (Å²) in [4.78, 5) is 18.1. The number of hydrogen-bond donors (Lipinski definition) is 2. The number of nitrogens with zero attached hydrogens (tertiary/aromatic N) is 1.